The number of alkyl halides is 2. The van der Waals surface area contributed by atoms with Crippen molar-refractivity contribution in [1.29, 1.82) is 0 Å². The van der Waals surface area contributed by atoms with Crippen molar-refractivity contribution in [2.45, 2.75) is 16.7 Å². The number of benzene rings is 1. The van der Waals surface area contributed by atoms with Crippen molar-refractivity contribution in [3.05, 3.63) is 54.0 Å². The minimum Gasteiger partial charge on any atom is -0.468 e. The maximum absolute atomic E-state index is 12.5. The van der Waals surface area contributed by atoms with E-state index >= 15 is 0 Å². The zero-order chi connectivity index (χ0) is 18.6. The van der Waals surface area contributed by atoms with Crippen LogP contribution in [0.15, 0.2) is 52.0 Å². The normalized spacial score (nSPS) is 13.2. The highest BCUT2D eigenvalue weighted by Gasteiger charge is 2.26. The van der Waals surface area contributed by atoms with Crippen molar-refractivity contribution in [1.82, 2.24) is 10.2 Å². The molecule has 1 aromatic carbocycles. The number of nitrogens with one attached hydrogen (secondary N) is 1. The van der Waals surface area contributed by atoms with Crippen LogP contribution < -0.4 is 5.32 Å². The molecule has 0 spiro atoms. The van der Waals surface area contributed by atoms with Gasteiger partial charge in [-0.1, -0.05) is 0 Å². The molecule has 0 aliphatic rings. The molecule has 1 amide bonds. The Kier molecular flexibility index (Phi) is 5.91. The van der Waals surface area contributed by atoms with Gasteiger partial charge in [0, 0.05) is 12.1 Å². The SMILES string of the molecule is CN(C)C(CNC(=O)c1ccc(S(=O)(=O)C(F)F)cc1)c1ccco1. The fraction of sp³-hybridized carbons (Fsp3) is 0.312. The minimum atomic E-state index is -4.67. The third kappa shape index (κ3) is 4.43. The molecule has 0 bridgehead atoms. The van der Waals surface area contributed by atoms with E-state index < -0.39 is 26.4 Å². The summed E-state index contributed by atoms with van der Waals surface area (Å²) in [5, 5.41) is 2.71. The van der Waals surface area contributed by atoms with Crippen LogP contribution in [0.25, 0.3) is 0 Å². The number of sulfone groups is 1. The monoisotopic (exact) mass is 372 g/mol. The van der Waals surface area contributed by atoms with Gasteiger partial charge >= 0.3 is 5.76 Å². The number of nitrogens with zero attached hydrogens (tertiary/aromatic N) is 1. The van der Waals surface area contributed by atoms with Gasteiger partial charge in [0.2, 0.25) is 9.84 Å². The fourth-order valence-electron chi connectivity index (χ4n) is 2.21. The molecule has 0 aliphatic carbocycles. The first-order valence-electron chi connectivity index (χ1n) is 7.33. The second-order valence-corrected chi connectivity index (χ2v) is 7.45. The largest absolute Gasteiger partial charge is 0.468 e. The van der Waals surface area contributed by atoms with E-state index in [0.717, 1.165) is 12.1 Å². The van der Waals surface area contributed by atoms with E-state index in [2.05, 4.69) is 5.32 Å². The molecule has 2 rings (SSSR count). The van der Waals surface area contributed by atoms with Gasteiger partial charge in [0.15, 0.2) is 0 Å². The van der Waals surface area contributed by atoms with Gasteiger partial charge in [-0.15, -0.1) is 0 Å². The molecule has 1 aromatic heterocycles. The molecule has 0 saturated carbocycles. The highest BCUT2D eigenvalue weighted by atomic mass is 32.2. The summed E-state index contributed by atoms with van der Waals surface area (Å²) < 4.78 is 53.1. The van der Waals surface area contributed by atoms with E-state index in [1.165, 1.54) is 18.4 Å². The van der Waals surface area contributed by atoms with E-state index in [0.29, 0.717) is 5.76 Å². The van der Waals surface area contributed by atoms with Gasteiger partial charge < -0.3 is 9.73 Å². The molecule has 25 heavy (non-hydrogen) atoms. The van der Waals surface area contributed by atoms with E-state index in [-0.39, 0.29) is 18.2 Å². The van der Waals surface area contributed by atoms with E-state index in [1.807, 2.05) is 19.0 Å². The van der Waals surface area contributed by atoms with Crippen molar-refractivity contribution in [2.75, 3.05) is 20.6 Å². The standard InChI is InChI=1S/C16H18F2N2O4S/c1-20(2)13(14-4-3-9-24-14)10-19-15(21)11-5-7-12(8-6-11)25(22,23)16(17)18/h3-9,13,16H,10H2,1-2H3,(H,19,21). The van der Waals surface area contributed by atoms with Gasteiger partial charge in [0.25, 0.3) is 5.91 Å². The molecule has 1 unspecified atom stereocenters. The number of furan rings is 1. The molecule has 6 nitrogen and oxygen atoms in total. The minimum absolute atomic E-state index is 0.171. The summed E-state index contributed by atoms with van der Waals surface area (Å²) in [5.74, 6) is -3.26. The predicted octanol–water partition coefficient (Wildman–Crippen LogP) is 2.31. The van der Waals surface area contributed by atoms with Crippen LogP contribution in [-0.4, -0.2) is 45.6 Å². The lowest BCUT2D eigenvalue weighted by Gasteiger charge is -2.22. The molecule has 1 atom stereocenters. The van der Waals surface area contributed by atoms with Gasteiger partial charge in [-0.25, -0.2) is 8.42 Å². The number of carbonyl (C=O) groups excluding carboxylic acids is 1. The second kappa shape index (κ2) is 7.75. The van der Waals surface area contributed by atoms with E-state index in [4.69, 9.17) is 4.42 Å². The molecule has 1 heterocycles. The molecule has 1 N–H and O–H groups in total. The lowest BCUT2D eigenvalue weighted by atomic mass is 10.2. The molecule has 9 heteroatoms. The van der Waals surface area contributed by atoms with Crippen LogP contribution in [0.4, 0.5) is 8.78 Å². The molecule has 0 radical (unpaired) electrons. The van der Waals surface area contributed by atoms with Crippen molar-refractivity contribution < 1.29 is 26.4 Å². The third-order valence-corrected chi connectivity index (χ3v) is 5.03. The summed E-state index contributed by atoms with van der Waals surface area (Å²) >= 11 is 0. The lowest BCUT2D eigenvalue weighted by Crippen LogP contribution is -2.34. The number of hydrogen-bond acceptors (Lipinski definition) is 5. The summed E-state index contributed by atoms with van der Waals surface area (Å²) in [6.07, 6.45) is 1.54. The Balaban J connectivity index is 2.06. The molecule has 0 saturated heterocycles. The predicted molar refractivity (Wildman–Crippen MR) is 87.1 cm³/mol. The maximum atomic E-state index is 12.5. The van der Waals surface area contributed by atoms with Crippen LogP contribution in [-0.2, 0) is 9.84 Å². The van der Waals surface area contributed by atoms with Gasteiger partial charge in [-0.2, -0.15) is 8.78 Å². The van der Waals surface area contributed by atoms with Crippen molar-refractivity contribution in [3.8, 4) is 0 Å². The third-order valence-electron chi connectivity index (χ3n) is 3.63. The van der Waals surface area contributed by atoms with Crippen LogP contribution >= 0.6 is 0 Å². The first-order valence-corrected chi connectivity index (χ1v) is 8.88. The highest BCUT2D eigenvalue weighted by Crippen LogP contribution is 2.20. The van der Waals surface area contributed by atoms with Gasteiger partial charge in [-0.3, -0.25) is 9.69 Å². The highest BCUT2D eigenvalue weighted by molar-refractivity contribution is 7.91. The summed E-state index contributed by atoms with van der Waals surface area (Å²) in [7, 11) is -0.997. The Morgan fingerprint density at radius 3 is 2.32 bits per heavy atom. The van der Waals surface area contributed by atoms with Crippen molar-refractivity contribution >= 4 is 15.7 Å². The average Bonchev–Trinajstić information content (AvgIpc) is 3.08. The summed E-state index contributed by atoms with van der Waals surface area (Å²) in [5.41, 5.74) is 0.171. The Labute approximate surface area is 144 Å². The maximum Gasteiger partial charge on any atom is 0.341 e. The molecule has 0 fully saturated rings. The summed E-state index contributed by atoms with van der Waals surface area (Å²) in [6, 6.07) is 7.73. The summed E-state index contributed by atoms with van der Waals surface area (Å²) in [6.45, 7) is 0.260. The van der Waals surface area contributed by atoms with Gasteiger partial charge in [0.05, 0.1) is 17.2 Å². The lowest BCUT2D eigenvalue weighted by molar-refractivity contribution is 0.0939. The van der Waals surface area contributed by atoms with Crippen LogP contribution in [0.2, 0.25) is 0 Å². The number of amides is 1. The van der Waals surface area contributed by atoms with Crippen LogP contribution in [0.3, 0.4) is 0 Å². The Bertz CT molecular complexity index is 803. The molecular formula is C16H18F2N2O4S. The molecule has 136 valence electrons. The van der Waals surface area contributed by atoms with Crippen molar-refractivity contribution in [2.24, 2.45) is 0 Å². The zero-order valence-electron chi connectivity index (χ0n) is 13.6. The van der Waals surface area contributed by atoms with Crippen LogP contribution in [0.5, 0.6) is 0 Å². The number of carbonyl (C=O) groups is 1. The van der Waals surface area contributed by atoms with Gasteiger partial charge in [-0.05, 0) is 50.5 Å². The first-order chi connectivity index (χ1) is 11.7. The second-order valence-electron chi connectivity index (χ2n) is 5.53. The van der Waals surface area contributed by atoms with Gasteiger partial charge in [0.1, 0.15) is 5.76 Å². The quantitative estimate of drug-likeness (QED) is 0.807. The molecule has 0 aliphatic heterocycles. The average molecular weight is 372 g/mol. The van der Waals surface area contributed by atoms with Crippen molar-refractivity contribution in [3.63, 3.8) is 0 Å². The fourth-order valence-corrected chi connectivity index (χ4v) is 2.93. The smallest absolute Gasteiger partial charge is 0.341 e. The Hall–Kier alpha value is -2.26. The first kappa shape index (κ1) is 19.1. The van der Waals surface area contributed by atoms with E-state index in [1.54, 1.807) is 12.1 Å². The molecule has 2 aromatic rings. The topological polar surface area (TPSA) is 79.6 Å². The zero-order valence-corrected chi connectivity index (χ0v) is 14.5. The van der Waals surface area contributed by atoms with E-state index in [9.17, 15) is 22.0 Å². The number of hydrogen-bond donors (Lipinski definition) is 1. The summed E-state index contributed by atoms with van der Waals surface area (Å²) in [4.78, 5) is 13.5. The van der Waals surface area contributed by atoms with Crippen LogP contribution in [0.1, 0.15) is 22.2 Å². The Morgan fingerprint density at radius 1 is 1.20 bits per heavy atom. The number of halogens is 2. The molecular weight excluding hydrogens is 354 g/mol. The van der Waals surface area contributed by atoms with Crippen LogP contribution in [0, 0.1) is 0 Å². The Morgan fingerprint density at radius 2 is 1.84 bits per heavy atom. The number of rotatable bonds is 7. The number of likely N-dealkylation sites (N-methyl/N-ethyl adjacent to an activating group) is 1.